The molecule has 1 aromatic heterocycles. The van der Waals surface area contributed by atoms with Crippen LogP contribution in [0.2, 0.25) is 0 Å². The fourth-order valence-electron chi connectivity index (χ4n) is 2.45. The Hall–Kier alpha value is -1.66. The summed E-state index contributed by atoms with van der Waals surface area (Å²) in [6.45, 7) is 0.684. The number of aromatic nitrogens is 1. The summed E-state index contributed by atoms with van der Waals surface area (Å²) in [5, 5.41) is 0. The topological polar surface area (TPSA) is 94.5 Å². The Labute approximate surface area is 106 Å². The first-order valence-corrected chi connectivity index (χ1v) is 5.89. The van der Waals surface area contributed by atoms with E-state index in [-0.39, 0.29) is 6.10 Å². The SMILES string of the molecule is COC1CCN(c2ccncc2)C(C(N)=O)C1N. The van der Waals surface area contributed by atoms with E-state index in [1.165, 1.54) is 0 Å². The Morgan fingerprint density at radius 3 is 2.72 bits per heavy atom. The van der Waals surface area contributed by atoms with Crippen LogP contribution in [0.1, 0.15) is 6.42 Å². The number of amides is 1. The summed E-state index contributed by atoms with van der Waals surface area (Å²) < 4.78 is 5.30. The van der Waals surface area contributed by atoms with Gasteiger partial charge in [-0.2, -0.15) is 0 Å². The number of pyridine rings is 1. The van der Waals surface area contributed by atoms with Crippen LogP contribution in [-0.4, -0.2) is 42.7 Å². The minimum absolute atomic E-state index is 0.138. The molecule has 98 valence electrons. The molecule has 4 N–H and O–H groups in total. The van der Waals surface area contributed by atoms with Gasteiger partial charge in [0.2, 0.25) is 5.91 Å². The van der Waals surface area contributed by atoms with Crippen molar-refractivity contribution >= 4 is 11.6 Å². The Balaban J connectivity index is 2.28. The van der Waals surface area contributed by atoms with Gasteiger partial charge in [0.1, 0.15) is 6.04 Å². The van der Waals surface area contributed by atoms with Gasteiger partial charge >= 0.3 is 0 Å². The molecular formula is C12H18N4O2. The number of ether oxygens (including phenoxy) is 1. The molecule has 0 bridgehead atoms. The van der Waals surface area contributed by atoms with Gasteiger partial charge in [-0.05, 0) is 18.6 Å². The quantitative estimate of drug-likeness (QED) is 0.753. The zero-order valence-electron chi connectivity index (χ0n) is 10.3. The molecule has 1 aliphatic rings. The summed E-state index contributed by atoms with van der Waals surface area (Å²) in [5.74, 6) is -0.430. The maximum Gasteiger partial charge on any atom is 0.241 e. The van der Waals surface area contributed by atoms with Crippen LogP contribution < -0.4 is 16.4 Å². The van der Waals surface area contributed by atoms with Crippen LogP contribution in [0.5, 0.6) is 0 Å². The van der Waals surface area contributed by atoms with E-state index >= 15 is 0 Å². The zero-order chi connectivity index (χ0) is 13.1. The predicted molar refractivity (Wildman–Crippen MR) is 68.0 cm³/mol. The first kappa shape index (κ1) is 12.8. The Morgan fingerprint density at radius 1 is 1.50 bits per heavy atom. The van der Waals surface area contributed by atoms with E-state index in [0.717, 1.165) is 12.1 Å². The van der Waals surface area contributed by atoms with Gasteiger partial charge in [0.15, 0.2) is 0 Å². The van der Waals surface area contributed by atoms with Crippen molar-refractivity contribution in [3.63, 3.8) is 0 Å². The maximum absolute atomic E-state index is 11.6. The third kappa shape index (κ3) is 2.30. The summed E-state index contributed by atoms with van der Waals surface area (Å²) in [7, 11) is 1.60. The second kappa shape index (κ2) is 5.32. The first-order chi connectivity index (χ1) is 8.65. The molecule has 1 saturated heterocycles. The number of carbonyl (C=O) groups excluding carboxylic acids is 1. The number of piperidine rings is 1. The van der Waals surface area contributed by atoms with Crippen molar-refractivity contribution in [2.24, 2.45) is 11.5 Å². The lowest BCUT2D eigenvalue weighted by molar-refractivity contribution is -0.121. The molecule has 2 heterocycles. The molecule has 2 rings (SSSR count). The molecule has 1 fully saturated rings. The smallest absolute Gasteiger partial charge is 0.241 e. The van der Waals surface area contributed by atoms with Crippen LogP contribution in [0.15, 0.2) is 24.5 Å². The number of carbonyl (C=O) groups is 1. The minimum Gasteiger partial charge on any atom is -0.380 e. The molecule has 18 heavy (non-hydrogen) atoms. The van der Waals surface area contributed by atoms with Gasteiger partial charge in [0.25, 0.3) is 0 Å². The summed E-state index contributed by atoms with van der Waals surface area (Å²) in [6.07, 6.45) is 3.99. The third-order valence-corrected chi connectivity index (χ3v) is 3.37. The summed E-state index contributed by atoms with van der Waals surface area (Å²) in [5.41, 5.74) is 12.5. The van der Waals surface area contributed by atoms with Crippen LogP contribution in [0.4, 0.5) is 5.69 Å². The van der Waals surface area contributed by atoms with Crippen LogP contribution in [0.25, 0.3) is 0 Å². The molecule has 6 heteroatoms. The molecule has 0 spiro atoms. The molecule has 1 aliphatic heterocycles. The van der Waals surface area contributed by atoms with Crippen LogP contribution in [-0.2, 0) is 9.53 Å². The second-order valence-corrected chi connectivity index (χ2v) is 4.39. The number of primary amides is 1. The standard InChI is InChI=1S/C12H18N4O2/c1-18-9-4-7-16(8-2-5-15-6-3-8)11(10(9)13)12(14)17/h2-3,5-6,9-11H,4,7,13H2,1H3,(H2,14,17). The number of hydrogen-bond donors (Lipinski definition) is 2. The Bertz CT molecular complexity index is 412. The van der Waals surface area contributed by atoms with Crippen LogP contribution in [0, 0.1) is 0 Å². The second-order valence-electron chi connectivity index (χ2n) is 4.39. The van der Waals surface area contributed by atoms with E-state index in [1.54, 1.807) is 19.5 Å². The van der Waals surface area contributed by atoms with Gasteiger partial charge in [-0.15, -0.1) is 0 Å². The lowest BCUT2D eigenvalue weighted by Crippen LogP contribution is -2.64. The van der Waals surface area contributed by atoms with Gasteiger partial charge in [0, 0.05) is 31.7 Å². The van der Waals surface area contributed by atoms with Crippen molar-refractivity contribution in [2.45, 2.75) is 24.6 Å². The number of nitrogens with two attached hydrogens (primary N) is 2. The van der Waals surface area contributed by atoms with Crippen molar-refractivity contribution in [1.29, 1.82) is 0 Å². The lowest BCUT2D eigenvalue weighted by Gasteiger charge is -2.42. The third-order valence-electron chi connectivity index (χ3n) is 3.37. The van der Waals surface area contributed by atoms with E-state index < -0.39 is 18.0 Å². The molecule has 6 nitrogen and oxygen atoms in total. The van der Waals surface area contributed by atoms with Crippen LogP contribution in [0.3, 0.4) is 0 Å². The van der Waals surface area contributed by atoms with Gasteiger partial charge in [-0.1, -0.05) is 0 Å². The number of hydrogen-bond acceptors (Lipinski definition) is 5. The molecule has 0 aromatic carbocycles. The highest BCUT2D eigenvalue weighted by molar-refractivity contribution is 5.85. The first-order valence-electron chi connectivity index (χ1n) is 5.89. The highest BCUT2D eigenvalue weighted by atomic mass is 16.5. The van der Waals surface area contributed by atoms with E-state index in [2.05, 4.69) is 4.98 Å². The van der Waals surface area contributed by atoms with Gasteiger partial charge < -0.3 is 21.1 Å². The predicted octanol–water partition coefficient (Wildman–Crippen LogP) is -0.512. The largest absolute Gasteiger partial charge is 0.380 e. The average molecular weight is 250 g/mol. The average Bonchev–Trinajstić information content (AvgIpc) is 2.39. The van der Waals surface area contributed by atoms with Crippen molar-refractivity contribution < 1.29 is 9.53 Å². The van der Waals surface area contributed by atoms with Gasteiger partial charge in [-0.25, -0.2) is 0 Å². The molecule has 0 radical (unpaired) electrons. The zero-order valence-corrected chi connectivity index (χ0v) is 10.3. The van der Waals surface area contributed by atoms with Crippen molar-refractivity contribution in [3.05, 3.63) is 24.5 Å². The number of rotatable bonds is 3. The molecule has 0 saturated carbocycles. The molecule has 3 atom stereocenters. The van der Waals surface area contributed by atoms with Gasteiger partial charge in [-0.3, -0.25) is 9.78 Å². The van der Waals surface area contributed by atoms with E-state index in [0.29, 0.717) is 6.54 Å². The summed E-state index contributed by atoms with van der Waals surface area (Å²) >= 11 is 0. The fourth-order valence-corrected chi connectivity index (χ4v) is 2.45. The van der Waals surface area contributed by atoms with Gasteiger partial charge in [0.05, 0.1) is 12.1 Å². The maximum atomic E-state index is 11.6. The molecule has 3 unspecified atom stereocenters. The molecule has 0 aliphatic carbocycles. The molecule has 1 amide bonds. The Kier molecular flexibility index (Phi) is 3.78. The molecular weight excluding hydrogens is 232 g/mol. The minimum atomic E-state index is -0.550. The van der Waals surface area contributed by atoms with Crippen molar-refractivity contribution in [1.82, 2.24) is 4.98 Å². The number of nitrogens with zero attached hydrogens (tertiary/aromatic N) is 2. The van der Waals surface area contributed by atoms with E-state index in [4.69, 9.17) is 16.2 Å². The molecule has 1 aromatic rings. The number of anilines is 1. The summed E-state index contributed by atoms with van der Waals surface area (Å²) in [6, 6.07) is 2.71. The fraction of sp³-hybridized carbons (Fsp3) is 0.500. The Morgan fingerprint density at radius 2 is 2.17 bits per heavy atom. The monoisotopic (exact) mass is 250 g/mol. The van der Waals surface area contributed by atoms with Crippen molar-refractivity contribution in [3.8, 4) is 0 Å². The van der Waals surface area contributed by atoms with E-state index in [9.17, 15) is 4.79 Å². The highest BCUT2D eigenvalue weighted by Gasteiger charge is 2.39. The van der Waals surface area contributed by atoms with E-state index in [1.807, 2.05) is 17.0 Å². The number of methoxy groups -OCH3 is 1. The van der Waals surface area contributed by atoms with Crippen molar-refractivity contribution in [2.75, 3.05) is 18.6 Å². The highest BCUT2D eigenvalue weighted by Crippen LogP contribution is 2.25. The van der Waals surface area contributed by atoms with Crippen LogP contribution >= 0.6 is 0 Å². The summed E-state index contributed by atoms with van der Waals surface area (Å²) in [4.78, 5) is 17.5. The normalized spacial score (nSPS) is 28.1. The lowest BCUT2D eigenvalue weighted by atomic mass is 9.93.